The highest BCUT2D eigenvalue weighted by atomic mass is 16.6. The lowest BCUT2D eigenvalue weighted by Gasteiger charge is -2.36. The van der Waals surface area contributed by atoms with Gasteiger partial charge in [0.1, 0.15) is 11.4 Å². The van der Waals surface area contributed by atoms with Crippen LogP contribution < -0.4 is 10.2 Å². The molecule has 5 heterocycles. The van der Waals surface area contributed by atoms with Gasteiger partial charge in [0, 0.05) is 43.5 Å². The van der Waals surface area contributed by atoms with E-state index in [1.807, 2.05) is 110 Å². The van der Waals surface area contributed by atoms with Gasteiger partial charge in [0.25, 0.3) is 11.7 Å². The van der Waals surface area contributed by atoms with Gasteiger partial charge in [-0.2, -0.15) is 9.90 Å². The molecular formula is C36H45N11O3. The molecule has 2 amide bonds. The molecule has 262 valence electrons. The van der Waals surface area contributed by atoms with Crippen molar-refractivity contribution in [3.63, 3.8) is 0 Å². The lowest BCUT2D eigenvalue weighted by Crippen LogP contribution is -2.50. The Morgan fingerprint density at radius 3 is 2.26 bits per heavy atom. The van der Waals surface area contributed by atoms with Gasteiger partial charge in [-0.1, -0.05) is 12.1 Å². The molecule has 14 heteroatoms. The molecule has 6 rings (SSSR count). The van der Waals surface area contributed by atoms with E-state index >= 15 is 0 Å². The summed E-state index contributed by atoms with van der Waals surface area (Å²) in [5.74, 6) is 0.491. The van der Waals surface area contributed by atoms with Gasteiger partial charge in [-0.25, -0.2) is 19.3 Å². The van der Waals surface area contributed by atoms with E-state index in [-0.39, 0.29) is 29.4 Å². The van der Waals surface area contributed by atoms with Gasteiger partial charge < -0.3 is 19.9 Å². The fraction of sp³-hybridized carbons (Fsp3) is 0.444. The number of hydrogen-bond donors (Lipinski definition) is 1. The van der Waals surface area contributed by atoms with Gasteiger partial charge in [0.2, 0.25) is 0 Å². The Balaban J connectivity index is 1.20. The topological polar surface area (TPSA) is 149 Å². The van der Waals surface area contributed by atoms with Crippen molar-refractivity contribution in [3.05, 3.63) is 71.4 Å². The van der Waals surface area contributed by atoms with Crippen LogP contribution >= 0.6 is 0 Å². The molecule has 0 spiro atoms. The van der Waals surface area contributed by atoms with Crippen LogP contribution in [0.3, 0.4) is 0 Å². The third-order valence-corrected chi connectivity index (χ3v) is 8.55. The molecule has 1 atom stereocenters. The minimum Gasteiger partial charge on any atom is -0.444 e. The average molecular weight is 680 g/mol. The molecule has 0 saturated carbocycles. The van der Waals surface area contributed by atoms with Crippen molar-refractivity contribution in [1.29, 1.82) is 0 Å². The highest BCUT2D eigenvalue weighted by Gasteiger charge is 2.27. The lowest BCUT2D eigenvalue weighted by atomic mass is 9.97. The van der Waals surface area contributed by atoms with Gasteiger partial charge in [0.15, 0.2) is 0 Å². The Bertz CT molecular complexity index is 2030. The lowest BCUT2D eigenvalue weighted by molar-refractivity contribution is 0.0240. The van der Waals surface area contributed by atoms with Crippen molar-refractivity contribution in [2.75, 3.05) is 31.1 Å². The number of piperazine rings is 1. The number of aromatic nitrogens is 8. The van der Waals surface area contributed by atoms with Crippen molar-refractivity contribution in [3.8, 4) is 22.5 Å². The summed E-state index contributed by atoms with van der Waals surface area (Å²) >= 11 is 0. The number of nitrogens with zero attached hydrogens (tertiary/aromatic N) is 10. The maximum absolute atomic E-state index is 12.9. The fourth-order valence-electron chi connectivity index (χ4n) is 5.91. The van der Waals surface area contributed by atoms with Crippen LogP contribution in [0.25, 0.3) is 28.0 Å². The maximum atomic E-state index is 12.9. The molecule has 1 aliphatic rings. The zero-order chi connectivity index (χ0) is 36.0. The minimum absolute atomic E-state index is 0.0314. The zero-order valence-electron chi connectivity index (χ0n) is 30.2. The van der Waals surface area contributed by atoms with Crippen LogP contribution in [0.2, 0.25) is 0 Å². The number of nitrogens with one attached hydrogen (secondary N) is 1. The number of aryl methyl sites for hydroxylation is 2. The number of amides is 2. The number of carbonyl (C=O) groups is 2. The van der Waals surface area contributed by atoms with Gasteiger partial charge in [-0.05, 0) is 102 Å². The molecule has 0 radical (unpaired) electrons. The Hall–Kier alpha value is -5.40. The Morgan fingerprint density at radius 2 is 1.64 bits per heavy atom. The molecule has 1 fully saturated rings. The van der Waals surface area contributed by atoms with Crippen molar-refractivity contribution < 1.29 is 14.3 Å². The monoisotopic (exact) mass is 679 g/mol. The van der Waals surface area contributed by atoms with Crippen LogP contribution in [0.4, 0.5) is 10.6 Å². The van der Waals surface area contributed by atoms with Crippen LogP contribution in [0, 0.1) is 13.8 Å². The van der Waals surface area contributed by atoms with Crippen LogP contribution in [-0.2, 0) is 10.3 Å². The molecule has 4 aromatic heterocycles. The largest absolute Gasteiger partial charge is 0.444 e. The summed E-state index contributed by atoms with van der Waals surface area (Å²) in [5.41, 5.74) is 6.33. The predicted molar refractivity (Wildman–Crippen MR) is 190 cm³/mol. The highest BCUT2D eigenvalue weighted by Crippen LogP contribution is 2.31. The number of anilines is 1. The van der Waals surface area contributed by atoms with Crippen LogP contribution in [0.1, 0.15) is 81.8 Å². The Labute approximate surface area is 291 Å². The van der Waals surface area contributed by atoms with E-state index in [0.29, 0.717) is 26.2 Å². The number of benzene rings is 1. The maximum Gasteiger partial charge on any atom is 0.410 e. The van der Waals surface area contributed by atoms with Crippen LogP contribution in [0.5, 0.6) is 0 Å². The standard InChI is InChI=1S/C36H45N11O3/c1-22-18-25(10-12-27(22)24(3)39-33(48)32-41-43-47(42-32)35(4,5)6)30-31-23(2)19-38-46(31)21-28(40-30)26-11-13-29(37-20-26)44-14-16-45(17-15-44)34(49)50-36(7,8)9/h10-13,18-21,24H,14-17H2,1-9H3,(H,39,48)/t24-/m1/s1. The third-order valence-electron chi connectivity index (χ3n) is 8.55. The molecule has 0 bridgehead atoms. The quantitative estimate of drug-likeness (QED) is 0.249. The second kappa shape index (κ2) is 13.1. The summed E-state index contributed by atoms with van der Waals surface area (Å²) in [6.07, 6.45) is 5.31. The molecular weight excluding hydrogens is 634 g/mol. The van der Waals surface area contributed by atoms with E-state index in [9.17, 15) is 9.59 Å². The molecule has 0 aliphatic carbocycles. The second-order valence-electron chi connectivity index (χ2n) is 14.8. The molecule has 0 unspecified atom stereocenters. The SMILES string of the molecule is Cc1cc(-c2nc(-c3ccc(N4CCN(C(=O)OC(C)(C)C)CC4)nc3)cn3ncc(C)c23)ccc1[C@@H](C)NC(=O)c1nnn(C(C)(C)C)n1. The first-order valence-electron chi connectivity index (χ1n) is 16.8. The Kier molecular flexibility index (Phi) is 9.06. The first-order chi connectivity index (χ1) is 23.6. The molecule has 1 N–H and O–H groups in total. The number of rotatable bonds is 6. The van der Waals surface area contributed by atoms with Crippen LogP contribution in [0.15, 0.2) is 48.9 Å². The summed E-state index contributed by atoms with van der Waals surface area (Å²) in [7, 11) is 0. The van der Waals surface area contributed by atoms with Gasteiger partial charge in [-0.15, -0.1) is 10.2 Å². The number of pyridine rings is 1. The highest BCUT2D eigenvalue weighted by molar-refractivity contribution is 5.90. The summed E-state index contributed by atoms with van der Waals surface area (Å²) in [6, 6.07) is 9.85. The van der Waals surface area contributed by atoms with Crippen LogP contribution in [-0.4, -0.2) is 88.5 Å². The van der Waals surface area contributed by atoms with Gasteiger partial charge >= 0.3 is 6.09 Å². The van der Waals surface area contributed by atoms with Crippen molar-refractivity contribution >= 4 is 23.3 Å². The Morgan fingerprint density at radius 1 is 0.920 bits per heavy atom. The van der Waals surface area contributed by atoms with Crippen molar-refractivity contribution in [1.82, 2.24) is 50.0 Å². The van der Waals surface area contributed by atoms with E-state index in [1.54, 1.807) is 4.90 Å². The molecule has 1 aromatic carbocycles. The van der Waals surface area contributed by atoms with E-state index in [2.05, 4.69) is 36.8 Å². The second-order valence-corrected chi connectivity index (χ2v) is 14.8. The summed E-state index contributed by atoms with van der Waals surface area (Å²) < 4.78 is 7.40. The number of carbonyl (C=O) groups excluding carboxylic acids is 2. The zero-order valence-corrected chi connectivity index (χ0v) is 30.2. The third kappa shape index (κ3) is 7.28. The molecule has 1 aliphatic heterocycles. The smallest absolute Gasteiger partial charge is 0.410 e. The van der Waals surface area contributed by atoms with E-state index in [0.717, 1.165) is 50.5 Å². The van der Waals surface area contributed by atoms with Crippen molar-refractivity contribution in [2.24, 2.45) is 0 Å². The van der Waals surface area contributed by atoms with Crippen molar-refractivity contribution in [2.45, 2.75) is 79.5 Å². The molecule has 1 saturated heterocycles. The first-order valence-corrected chi connectivity index (χ1v) is 16.8. The summed E-state index contributed by atoms with van der Waals surface area (Å²) in [4.78, 5) is 40.7. The van der Waals surface area contributed by atoms with E-state index in [4.69, 9.17) is 14.7 Å². The number of tetrazole rings is 1. The summed E-state index contributed by atoms with van der Waals surface area (Å²) in [5, 5.41) is 19.9. The van der Waals surface area contributed by atoms with E-state index < -0.39 is 5.60 Å². The van der Waals surface area contributed by atoms with E-state index in [1.165, 1.54) is 4.80 Å². The molecule has 5 aromatic rings. The number of fused-ring (bicyclic) bond motifs is 1. The normalized spacial score (nSPS) is 14.6. The minimum atomic E-state index is -0.522. The number of hydrogen-bond acceptors (Lipinski definition) is 10. The predicted octanol–water partition coefficient (Wildman–Crippen LogP) is 5.36. The summed E-state index contributed by atoms with van der Waals surface area (Å²) in [6.45, 7) is 19.9. The molecule has 50 heavy (non-hydrogen) atoms. The first kappa shape index (κ1) is 34.5. The van der Waals surface area contributed by atoms with Gasteiger partial charge in [-0.3, -0.25) is 4.79 Å². The average Bonchev–Trinajstić information content (AvgIpc) is 3.72. The molecule has 14 nitrogen and oxygen atoms in total. The van der Waals surface area contributed by atoms with Gasteiger partial charge in [0.05, 0.1) is 40.9 Å². The fourth-order valence-corrected chi connectivity index (χ4v) is 5.91. The number of ether oxygens (including phenoxy) is 1.